The monoisotopic (exact) mass is 440 g/mol. The molecule has 8 nitrogen and oxygen atoms in total. The Hall–Kier alpha value is -4.20. The quantitative estimate of drug-likeness (QED) is 0.412. The smallest absolute Gasteiger partial charge is 0.267 e. The molecule has 0 aliphatic carbocycles. The van der Waals surface area contributed by atoms with E-state index in [1.54, 1.807) is 10.8 Å². The number of aromatic amines is 1. The fraction of sp³-hybridized carbons (Fsp3) is 0.200. The van der Waals surface area contributed by atoms with Crippen LogP contribution in [0.25, 0.3) is 27.6 Å². The number of H-pyrrole nitrogens is 1. The Kier molecular flexibility index (Phi) is 5.26. The van der Waals surface area contributed by atoms with Crippen LogP contribution in [-0.4, -0.2) is 37.4 Å². The first-order valence-electron chi connectivity index (χ1n) is 10.8. The van der Waals surface area contributed by atoms with Crippen LogP contribution in [0.3, 0.4) is 0 Å². The van der Waals surface area contributed by atoms with Crippen molar-refractivity contribution in [2.45, 2.75) is 26.8 Å². The van der Waals surface area contributed by atoms with Gasteiger partial charge in [0, 0.05) is 6.20 Å². The van der Waals surface area contributed by atoms with Crippen LogP contribution < -0.4 is 15.6 Å². The summed E-state index contributed by atoms with van der Waals surface area (Å²) in [5.41, 5.74) is 3.86. The number of aromatic nitrogens is 5. The topological polar surface area (TPSA) is 97.7 Å². The molecule has 0 saturated carbocycles. The average molecular weight is 441 g/mol. The lowest BCUT2D eigenvalue weighted by Gasteiger charge is -2.18. The van der Waals surface area contributed by atoms with E-state index < -0.39 is 0 Å². The van der Waals surface area contributed by atoms with Crippen molar-refractivity contribution < 1.29 is 4.74 Å². The summed E-state index contributed by atoms with van der Waals surface area (Å²) in [6.45, 7) is 6.51. The number of nitrogens with zero attached hydrogens (tertiary/aromatic N) is 4. The molecule has 0 fully saturated rings. The Morgan fingerprint density at radius 1 is 1.03 bits per heavy atom. The van der Waals surface area contributed by atoms with Crippen LogP contribution in [0.15, 0.2) is 65.7 Å². The van der Waals surface area contributed by atoms with Crippen LogP contribution in [0.5, 0.6) is 5.75 Å². The highest BCUT2D eigenvalue weighted by Crippen LogP contribution is 2.24. The first-order valence-corrected chi connectivity index (χ1v) is 10.8. The van der Waals surface area contributed by atoms with Gasteiger partial charge >= 0.3 is 0 Å². The van der Waals surface area contributed by atoms with Gasteiger partial charge in [-0.05, 0) is 44.0 Å². The van der Waals surface area contributed by atoms with Crippen molar-refractivity contribution in [1.29, 1.82) is 0 Å². The summed E-state index contributed by atoms with van der Waals surface area (Å²) < 4.78 is 7.66. The highest BCUT2D eigenvalue weighted by Gasteiger charge is 2.17. The fourth-order valence-electron chi connectivity index (χ4n) is 3.97. The standard InChI is InChI=1S/C25H24N6O2/c1-15-8-7-9-16(2)22(15)33-14-17(3)28-25-26-12-19-21-20(13-27-30-21)24(32)31(23(19)29-25)18-10-5-4-6-11-18/h4-13,17H,14H2,1-3H3,(H,27,30)(H,26,28,29). The Morgan fingerprint density at radius 2 is 1.79 bits per heavy atom. The zero-order valence-electron chi connectivity index (χ0n) is 18.7. The second-order valence-corrected chi connectivity index (χ2v) is 8.14. The molecule has 0 radical (unpaired) electrons. The Morgan fingerprint density at radius 3 is 2.55 bits per heavy atom. The molecule has 5 rings (SSSR count). The third kappa shape index (κ3) is 3.80. The van der Waals surface area contributed by atoms with Gasteiger partial charge in [0.2, 0.25) is 5.95 Å². The summed E-state index contributed by atoms with van der Waals surface area (Å²) in [6, 6.07) is 15.5. The van der Waals surface area contributed by atoms with Crippen LogP contribution in [0, 0.1) is 13.8 Å². The summed E-state index contributed by atoms with van der Waals surface area (Å²) >= 11 is 0. The lowest BCUT2D eigenvalue weighted by molar-refractivity contribution is 0.299. The minimum absolute atomic E-state index is 0.0609. The minimum Gasteiger partial charge on any atom is -0.491 e. The molecule has 33 heavy (non-hydrogen) atoms. The molecule has 1 atom stereocenters. The number of ether oxygens (including phenoxy) is 1. The molecule has 1 unspecified atom stereocenters. The van der Waals surface area contributed by atoms with Crippen LogP contribution in [0.2, 0.25) is 0 Å². The van der Waals surface area contributed by atoms with E-state index in [9.17, 15) is 4.79 Å². The van der Waals surface area contributed by atoms with Crippen molar-refractivity contribution in [2.24, 2.45) is 0 Å². The van der Waals surface area contributed by atoms with Crippen molar-refractivity contribution in [3.8, 4) is 11.4 Å². The maximum absolute atomic E-state index is 13.3. The molecular weight excluding hydrogens is 416 g/mol. The maximum atomic E-state index is 13.3. The first kappa shape index (κ1) is 20.7. The summed E-state index contributed by atoms with van der Waals surface area (Å²) in [6.07, 6.45) is 3.25. The first-order chi connectivity index (χ1) is 16.0. The molecular formula is C25H24N6O2. The summed E-state index contributed by atoms with van der Waals surface area (Å²) in [5.74, 6) is 1.31. The number of para-hydroxylation sites is 2. The van der Waals surface area contributed by atoms with E-state index in [1.165, 1.54) is 6.20 Å². The van der Waals surface area contributed by atoms with Gasteiger partial charge in [0.1, 0.15) is 12.4 Å². The zero-order chi connectivity index (χ0) is 22.9. The molecule has 0 aliphatic heterocycles. The van der Waals surface area contributed by atoms with Crippen LogP contribution in [0.4, 0.5) is 5.95 Å². The molecule has 3 heterocycles. The number of pyridine rings is 1. The second-order valence-electron chi connectivity index (χ2n) is 8.14. The Bertz CT molecular complexity index is 1490. The van der Waals surface area contributed by atoms with Crippen LogP contribution in [0.1, 0.15) is 18.1 Å². The van der Waals surface area contributed by atoms with Gasteiger partial charge < -0.3 is 10.1 Å². The lowest BCUT2D eigenvalue weighted by Crippen LogP contribution is -2.26. The Labute approximate surface area is 190 Å². The average Bonchev–Trinajstić information content (AvgIpc) is 3.30. The van der Waals surface area contributed by atoms with Gasteiger partial charge in [-0.25, -0.2) is 4.98 Å². The minimum atomic E-state index is -0.187. The fourth-order valence-corrected chi connectivity index (χ4v) is 3.97. The number of anilines is 1. The van der Waals surface area contributed by atoms with E-state index in [0.29, 0.717) is 29.1 Å². The van der Waals surface area contributed by atoms with Gasteiger partial charge in [0.15, 0.2) is 5.65 Å². The van der Waals surface area contributed by atoms with Crippen molar-refractivity contribution in [3.05, 3.63) is 82.4 Å². The van der Waals surface area contributed by atoms with Crippen LogP contribution in [-0.2, 0) is 0 Å². The lowest BCUT2D eigenvalue weighted by atomic mass is 10.1. The SMILES string of the molecule is Cc1cccc(C)c1OCC(C)Nc1ncc2c3[nH]ncc3c(=O)n(-c3ccccc3)c2n1. The van der Waals surface area contributed by atoms with E-state index in [4.69, 9.17) is 9.72 Å². The highest BCUT2D eigenvalue weighted by atomic mass is 16.5. The molecule has 5 aromatic rings. The number of fused-ring (bicyclic) bond motifs is 3. The number of hydrogen-bond donors (Lipinski definition) is 2. The molecule has 0 amide bonds. The van der Waals surface area contributed by atoms with Gasteiger partial charge in [0.05, 0.1) is 34.2 Å². The predicted molar refractivity (Wildman–Crippen MR) is 129 cm³/mol. The predicted octanol–water partition coefficient (Wildman–Crippen LogP) is 4.15. The molecule has 0 aliphatic rings. The van der Waals surface area contributed by atoms with Crippen molar-refractivity contribution in [2.75, 3.05) is 11.9 Å². The van der Waals surface area contributed by atoms with E-state index in [0.717, 1.165) is 28.0 Å². The maximum Gasteiger partial charge on any atom is 0.267 e. The number of aryl methyl sites for hydroxylation is 2. The van der Waals surface area contributed by atoms with E-state index in [2.05, 4.69) is 20.5 Å². The largest absolute Gasteiger partial charge is 0.491 e. The molecule has 0 bridgehead atoms. The highest BCUT2D eigenvalue weighted by molar-refractivity contribution is 6.02. The molecule has 2 aromatic carbocycles. The Balaban J connectivity index is 1.50. The molecule has 2 N–H and O–H groups in total. The number of hydrogen-bond acceptors (Lipinski definition) is 6. The van der Waals surface area contributed by atoms with E-state index in [-0.39, 0.29) is 11.6 Å². The molecule has 0 spiro atoms. The van der Waals surface area contributed by atoms with Crippen molar-refractivity contribution in [1.82, 2.24) is 24.7 Å². The normalized spacial score (nSPS) is 12.2. The number of rotatable bonds is 6. The van der Waals surface area contributed by atoms with Gasteiger partial charge in [-0.3, -0.25) is 14.5 Å². The summed E-state index contributed by atoms with van der Waals surface area (Å²) in [5, 5.41) is 11.5. The van der Waals surface area contributed by atoms with Gasteiger partial charge in [-0.15, -0.1) is 0 Å². The van der Waals surface area contributed by atoms with E-state index >= 15 is 0 Å². The number of benzene rings is 2. The summed E-state index contributed by atoms with van der Waals surface area (Å²) in [4.78, 5) is 22.5. The third-order valence-electron chi connectivity index (χ3n) is 5.60. The third-order valence-corrected chi connectivity index (χ3v) is 5.60. The van der Waals surface area contributed by atoms with Crippen LogP contribution >= 0.6 is 0 Å². The molecule has 166 valence electrons. The van der Waals surface area contributed by atoms with E-state index in [1.807, 2.05) is 69.3 Å². The second kappa shape index (κ2) is 8.38. The number of nitrogens with one attached hydrogen (secondary N) is 2. The van der Waals surface area contributed by atoms with Gasteiger partial charge in [-0.2, -0.15) is 10.1 Å². The van der Waals surface area contributed by atoms with Gasteiger partial charge in [-0.1, -0.05) is 36.4 Å². The summed E-state index contributed by atoms with van der Waals surface area (Å²) in [7, 11) is 0. The van der Waals surface area contributed by atoms with Crippen molar-refractivity contribution in [3.63, 3.8) is 0 Å². The zero-order valence-corrected chi connectivity index (χ0v) is 18.7. The molecule has 3 aromatic heterocycles. The molecule has 0 saturated heterocycles. The molecule has 8 heteroatoms. The van der Waals surface area contributed by atoms with Gasteiger partial charge in [0.25, 0.3) is 5.56 Å². The van der Waals surface area contributed by atoms with Crippen molar-refractivity contribution >= 4 is 27.9 Å².